The Bertz CT molecular complexity index is 941. The van der Waals surface area contributed by atoms with Gasteiger partial charge in [0, 0.05) is 12.1 Å². The smallest absolute Gasteiger partial charge is 0.119 e. The average molecular weight is 397 g/mol. The number of hydrogen-bond acceptors (Lipinski definition) is 3. The highest BCUT2D eigenvalue weighted by atomic mass is 16.5. The highest BCUT2D eigenvalue weighted by Gasteiger charge is 2.14. The standard InChI is InChI=1S/C27H28N2O/c1-3-29(4-2)19-20-30-25-17-15-22(16-18-25)26(21-28)27(23-11-7-5-8-12-23)24-13-9-6-10-14-24/h5-18H,3-4,19-20H2,1-2H3. The zero-order chi connectivity index (χ0) is 21.2. The third-order valence-corrected chi connectivity index (χ3v) is 5.20. The van der Waals surface area contributed by atoms with Crippen LogP contribution in [0.1, 0.15) is 30.5 Å². The van der Waals surface area contributed by atoms with Crippen LogP contribution in [0.5, 0.6) is 5.75 Å². The van der Waals surface area contributed by atoms with E-state index < -0.39 is 0 Å². The van der Waals surface area contributed by atoms with Crippen molar-refractivity contribution < 1.29 is 4.74 Å². The van der Waals surface area contributed by atoms with Gasteiger partial charge in [-0.25, -0.2) is 0 Å². The van der Waals surface area contributed by atoms with Crippen molar-refractivity contribution in [2.45, 2.75) is 13.8 Å². The summed E-state index contributed by atoms with van der Waals surface area (Å²) in [5.74, 6) is 0.823. The molecule has 0 aliphatic rings. The minimum Gasteiger partial charge on any atom is -0.492 e. The van der Waals surface area contributed by atoms with Crippen molar-refractivity contribution >= 4 is 11.1 Å². The van der Waals surface area contributed by atoms with Crippen molar-refractivity contribution in [1.29, 1.82) is 5.26 Å². The fourth-order valence-electron chi connectivity index (χ4n) is 3.48. The van der Waals surface area contributed by atoms with E-state index in [2.05, 4.69) is 24.8 Å². The lowest BCUT2D eigenvalue weighted by Gasteiger charge is -2.18. The summed E-state index contributed by atoms with van der Waals surface area (Å²) in [6, 6.07) is 30.4. The summed E-state index contributed by atoms with van der Waals surface area (Å²) in [7, 11) is 0. The van der Waals surface area contributed by atoms with Crippen molar-refractivity contribution in [3.05, 3.63) is 102 Å². The van der Waals surface area contributed by atoms with Gasteiger partial charge < -0.3 is 9.64 Å². The van der Waals surface area contributed by atoms with Crippen molar-refractivity contribution in [3.8, 4) is 11.8 Å². The summed E-state index contributed by atoms with van der Waals surface area (Å²) in [4.78, 5) is 2.33. The van der Waals surface area contributed by atoms with E-state index in [-0.39, 0.29) is 0 Å². The molecule has 0 fully saturated rings. The van der Waals surface area contributed by atoms with Crippen LogP contribution in [0.15, 0.2) is 84.9 Å². The summed E-state index contributed by atoms with van der Waals surface area (Å²) in [6.45, 7) is 7.93. The second kappa shape index (κ2) is 11.0. The molecule has 30 heavy (non-hydrogen) atoms. The Balaban J connectivity index is 1.90. The van der Waals surface area contributed by atoms with E-state index >= 15 is 0 Å². The topological polar surface area (TPSA) is 36.3 Å². The molecule has 152 valence electrons. The van der Waals surface area contributed by atoms with Gasteiger partial charge >= 0.3 is 0 Å². The van der Waals surface area contributed by atoms with Gasteiger partial charge in [0.15, 0.2) is 0 Å². The van der Waals surface area contributed by atoms with Crippen LogP contribution in [0.3, 0.4) is 0 Å². The molecule has 0 amide bonds. The van der Waals surface area contributed by atoms with Crippen LogP contribution in [0.2, 0.25) is 0 Å². The van der Waals surface area contributed by atoms with E-state index in [0.717, 1.165) is 47.6 Å². The van der Waals surface area contributed by atoms with Crippen molar-refractivity contribution in [3.63, 3.8) is 0 Å². The van der Waals surface area contributed by atoms with E-state index in [1.54, 1.807) is 0 Å². The van der Waals surface area contributed by atoms with Gasteiger partial charge in [-0.05, 0) is 54.0 Å². The molecule has 0 bridgehead atoms. The molecule has 0 spiro atoms. The molecule has 0 heterocycles. The first-order valence-corrected chi connectivity index (χ1v) is 10.5. The van der Waals surface area contributed by atoms with Gasteiger partial charge in [-0.2, -0.15) is 5.26 Å². The van der Waals surface area contributed by atoms with Gasteiger partial charge in [-0.1, -0.05) is 74.5 Å². The van der Waals surface area contributed by atoms with Crippen molar-refractivity contribution in [2.75, 3.05) is 26.2 Å². The Morgan fingerprint density at radius 2 is 1.30 bits per heavy atom. The van der Waals surface area contributed by atoms with Crippen LogP contribution >= 0.6 is 0 Å². The quantitative estimate of drug-likeness (QED) is 0.334. The third-order valence-electron chi connectivity index (χ3n) is 5.20. The molecular formula is C27H28N2O. The number of hydrogen-bond donors (Lipinski definition) is 0. The molecule has 0 N–H and O–H groups in total. The Morgan fingerprint density at radius 1 is 0.767 bits per heavy atom. The second-order valence-corrected chi connectivity index (χ2v) is 6.99. The number of rotatable bonds is 9. The van der Waals surface area contributed by atoms with Crippen LogP contribution in [-0.2, 0) is 0 Å². The van der Waals surface area contributed by atoms with E-state index in [1.807, 2.05) is 84.9 Å². The molecule has 0 aliphatic carbocycles. The predicted molar refractivity (Wildman–Crippen MR) is 124 cm³/mol. The minimum absolute atomic E-state index is 0.654. The lowest BCUT2D eigenvalue weighted by molar-refractivity contribution is 0.223. The first-order valence-electron chi connectivity index (χ1n) is 10.5. The number of nitriles is 1. The Kier molecular flexibility index (Phi) is 7.83. The molecular weight excluding hydrogens is 368 g/mol. The van der Waals surface area contributed by atoms with Gasteiger partial charge in [-0.3, -0.25) is 0 Å². The summed E-state index contributed by atoms with van der Waals surface area (Å²) in [5, 5.41) is 10.1. The van der Waals surface area contributed by atoms with Crippen LogP contribution < -0.4 is 4.74 Å². The molecule has 0 aromatic heterocycles. The maximum absolute atomic E-state index is 10.1. The highest BCUT2D eigenvalue weighted by Crippen LogP contribution is 2.32. The molecule has 0 aliphatic heterocycles. The Morgan fingerprint density at radius 3 is 1.77 bits per heavy atom. The zero-order valence-electron chi connectivity index (χ0n) is 17.7. The van der Waals surface area contributed by atoms with Crippen molar-refractivity contribution in [2.24, 2.45) is 0 Å². The molecule has 3 rings (SSSR count). The number of allylic oxidation sites excluding steroid dienone is 1. The van der Waals surface area contributed by atoms with Gasteiger partial charge in [0.1, 0.15) is 18.4 Å². The molecule has 0 unspecified atom stereocenters. The number of nitrogens with zero attached hydrogens (tertiary/aromatic N) is 2. The summed E-state index contributed by atoms with van der Waals surface area (Å²) in [5.41, 5.74) is 4.53. The zero-order valence-corrected chi connectivity index (χ0v) is 17.7. The van der Waals surface area contributed by atoms with Crippen LogP contribution in [-0.4, -0.2) is 31.1 Å². The van der Waals surface area contributed by atoms with Crippen LogP contribution in [0, 0.1) is 11.3 Å². The molecule has 3 aromatic rings. The van der Waals surface area contributed by atoms with Gasteiger partial charge in [0.25, 0.3) is 0 Å². The lowest BCUT2D eigenvalue weighted by atomic mass is 9.90. The van der Waals surface area contributed by atoms with Gasteiger partial charge in [0.2, 0.25) is 0 Å². The molecule has 0 atom stereocenters. The maximum Gasteiger partial charge on any atom is 0.119 e. The lowest BCUT2D eigenvalue weighted by Crippen LogP contribution is -2.27. The Hall–Kier alpha value is -3.35. The van der Waals surface area contributed by atoms with Crippen LogP contribution in [0.4, 0.5) is 0 Å². The minimum atomic E-state index is 0.654. The predicted octanol–water partition coefficient (Wildman–Crippen LogP) is 5.89. The first kappa shape index (κ1) is 21.4. The van der Waals surface area contributed by atoms with Crippen LogP contribution in [0.25, 0.3) is 11.1 Å². The molecule has 3 nitrogen and oxygen atoms in total. The fourth-order valence-corrected chi connectivity index (χ4v) is 3.48. The molecule has 0 radical (unpaired) electrons. The SMILES string of the molecule is CCN(CC)CCOc1ccc(C(C#N)=C(c2ccccc2)c2ccccc2)cc1. The summed E-state index contributed by atoms with van der Waals surface area (Å²) < 4.78 is 5.90. The van der Waals surface area contributed by atoms with Gasteiger partial charge in [0.05, 0.1) is 5.57 Å². The number of ether oxygens (including phenoxy) is 1. The second-order valence-electron chi connectivity index (χ2n) is 6.99. The van der Waals surface area contributed by atoms with E-state index in [9.17, 15) is 5.26 Å². The number of likely N-dealkylation sites (N-methyl/N-ethyl adjacent to an activating group) is 1. The fraction of sp³-hybridized carbons (Fsp3) is 0.222. The number of benzene rings is 3. The van der Waals surface area contributed by atoms with Crippen molar-refractivity contribution in [1.82, 2.24) is 4.90 Å². The molecule has 3 heteroatoms. The van der Waals surface area contributed by atoms with E-state index in [0.29, 0.717) is 12.2 Å². The highest BCUT2D eigenvalue weighted by molar-refractivity contribution is 6.03. The van der Waals surface area contributed by atoms with E-state index in [4.69, 9.17) is 4.74 Å². The maximum atomic E-state index is 10.1. The third kappa shape index (κ3) is 5.37. The Labute approximate surface area is 179 Å². The molecule has 3 aromatic carbocycles. The molecule has 0 saturated carbocycles. The normalized spacial score (nSPS) is 10.5. The first-order chi connectivity index (χ1) is 14.8. The molecule has 0 saturated heterocycles. The van der Waals surface area contributed by atoms with Gasteiger partial charge in [-0.15, -0.1) is 0 Å². The van der Waals surface area contributed by atoms with E-state index in [1.165, 1.54) is 0 Å². The largest absolute Gasteiger partial charge is 0.492 e. The summed E-state index contributed by atoms with van der Waals surface area (Å²) in [6.07, 6.45) is 0. The average Bonchev–Trinajstić information content (AvgIpc) is 2.82. The summed E-state index contributed by atoms with van der Waals surface area (Å²) >= 11 is 0. The monoisotopic (exact) mass is 396 g/mol.